The summed E-state index contributed by atoms with van der Waals surface area (Å²) in [7, 11) is -3.71. The first kappa shape index (κ1) is 24.4. The predicted octanol–water partition coefficient (Wildman–Crippen LogP) is 4.97. The number of hydrogen-bond acceptors (Lipinski definition) is 8. The number of thiazole rings is 1. The largest absolute Gasteiger partial charge is 0.378 e. The summed E-state index contributed by atoms with van der Waals surface area (Å²) in [6.45, 7) is 2.49. The quantitative estimate of drug-likeness (QED) is 0.443. The van der Waals surface area contributed by atoms with Gasteiger partial charge in [0.25, 0.3) is 0 Å². The number of benzene rings is 1. The first-order valence-electron chi connectivity index (χ1n) is 11.6. The molecule has 1 saturated carbocycles. The molecule has 0 unspecified atom stereocenters. The minimum absolute atomic E-state index is 0.0734. The summed E-state index contributed by atoms with van der Waals surface area (Å²) in [5.74, 6) is -0.674. The minimum atomic E-state index is -3.71. The van der Waals surface area contributed by atoms with Crippen LogP contribution in [0.15, 0.2) is 30.5 Å². The van der Waals surface area contributed by atoms with E-state index in [4.69, 9.17) is 21.3 Å². The zero-order chi connectivity index (χ0) is 24.4. The van der Waals surface area contributed by atoms with Gasteiger partial charge in [-0.2, -0.15) is 0 Å². The van der Waals surface area contributed by atoms with E-state index in [1.807, 2.05) is 0 Å². The van der Waals surface area contributed by atoms with Crippen LogP contribution < -0.4 is 9.62 Å². The molecule has 2 aliphatic rings. The number of ether oxygens (including phenoxy) is 1. The van der Waals surface area contributed by atoms with Crippen molar-refractivity contribution in [3.63, 3.8) is 0 Å². The Balaban J connectivity index is 1.55. The second kappa shape index (κ2) is 10.3. The summed E-state index contributed by atoms with van der Waals surface area (Å²) < 4.78 is 49.7. The molecule has 1 saturated heterocycles. The van der Waals surface area contributed by atoms with Crippen molar-refractivity contribution in [2.24, 2.45) is 0 Å². The van der Waals surface area contributed by atoms with E-state index in [9.17, 15) is 8.42 Å². The fourth-order valence-corrected chi connectivity index (χ4v) is 7.26. The molecule has 0 amide bonds. The number of rotatable bonds is 6. The third-order valence-electron chi connectivity index (χ3n) is 6.25. The molecule has 0 bridgehead atoms. The van der Waals surface area contributed by atoms with Crippen molar-refractivity contribution in [3.05, 3.63) is 41.6 Å². The molecule has 35 heavy (non-hydrogen) atoms. The number of aromatic nitrogens is 3. The average molecular weight is 538 g/mol. The zero-order valence-corrected chi connectivity index (χ0v) is 21.3. The Kier molecular flexibility index (Phi) is 7.19. The van der Waals surface area contributed by atoms with E-state index in [-0.39, 0.29) is 16.5 Å². The van der Waals surface area contributed by atoms with Gasteiger partial charge in [-0.05, 0) is 42.6 Å². The number of halogens is 2. The van der Waals surface area contributed by atoms with Crippen molar-refractivity contribution in [2.45, 2.75) is 37.4 Å². The summed E-state index contributed by atoms with van der Waals surface area (Å²) in [4.78, 5) is 15.7. The lowest BCUT2D eigenvalue weighted by molar-refractivity contribution is 0.122. The summed E-state index contributed by atoms with van der Waals surface area (Å²) in [6, 6.07) is 6.36. The van der Waals surface area contributed by atoms with Crippen molar-refractivity contribution in [3.8, 4) is 21.8 Å². The van der Waals surface area contributed by atoms with E-state index in [1.54, 1.807) is 18.2 Å². The van der Waals surface area contributed by atoms with Crippen molar-refractivity contribution >= 4 is 43.8 Å². The molecule has 0 spiro atoms. The highest BCUT2D eigenvalue weighted by Crippen LogP contribution is 2.42. The van der Waals surface area contributed by atoms with Crippen molar-refractivity contribution < 1.29 is 17.5 Å². The highest BCUT2D eigenvalue weighted by atomic mass is 35.5. The monoisotopic (exact) mass is 537 g/mol. The number of sulfonamides is 1. The Labute approximate surface area is 212 Å². The van der Waals surface area contributed by atoms with E-state index in [2.05, 4.69) is 19.6 Å². The zero-order valence-electron chi connectivity index (χ0n) is 18.9. The maximum atomic E-state index is 15.8. The Bertz CT molecular complexity index is 1310. The SMILES string of the molecule is O=S(=O)(Nc1cccc(-c2nc(N3CCOCC3)sc2-c2ccnc(Cl)n2)c1F)C1CCCCC1. The third-order valence-corrected chi connectivity index (χ3v) is 9.43. The number of nitrogens with zero attached hydrogens (tertiary/aromatic N) is 4. The molecule has 12 heteroatoms. The lowest BCUT2D eigenvalue weighted by atomic mass is 10.0. The molecular weight excluding hydrogens is 513 g/mol. The Morgan fingerprint density at radius 3 is 2.63 bits per heavy atom. The van der Waals surface area contributed by atoms with Gasteiger partial charge in [0.1, 0.15) is 0 Å². The molecule has 1 aliphatic carbocycles. The number of morpholine rings is 1. The lowest BCUT2D eigenvalue weighted by Crippen LogP contribution is -2.36. The van der Waals surface area contributed by atoms with Crippen molar-refractivity contribution in [2.75, 3.05) is 35.9 Å². The molecule has 2 fully saturated rings. The van der Waals surface area contributed by atoms with Gasteiger partial charge in [0.05, 0.1) is 40.4 Å². The summed E-state index contributed by atoms with van der Waals surface area (Å²) >= 11 is 7.41. The summed E-state index contributed by atoms with van der Waals surface area (Å²) in [6.07, 6.45) is 5.47. The Morgan fingerprint density at radius 1 is 1.11 bits per heavy atom. The van der Waals surface area contributed by atoms with Gasteiger partial charge in [0.15, 0.2) is 10.9 Å². The second-order valence-corrected chi connectivity index (χ2v) is 11.8. The molecule has 3 heterocycles. The van der Waals surface area contributed by atoms with Gasteiger partial charge in [-0.15, -0.1) is 0 Å². The predicted molar refractivity (Wildman–Crippen MR) is 136 cm³/mol. The first-order valence-corrected chi connectivity index (χ1v) is 14.3. The van der Waals surface area contributed by atoms with Crippen LogP contribution in [0.25, 0.3) is 21.8 Å². The number of hydrogen-bond donors (Lipinski definition) is 1. The molecule has 8 nitrogen and oxygen atoms in total. The normalized spacial score (nSPS) is 17.5. The lowest BCUT2D eigenvalue weighted by Gasteiger charge is -2.26. The highest BCUT2D eigenvalue weighted by Gasteiger charge is 2.29. The van der Waals surface area contributed by atoms with E-state index < -0.39 is 21.1 Å². The van der Waals surface area contributed by atoms with E-state index in [0.717, 1.165) is 19.3 Å². The van der Waals surface area contributed by atoms with E-state index in [0.29, 0.717) is 60.5 Å². The van der Waals surface area contributed by atoms with Crippen molar-refractivity contribution in [1.82, 2.24) is 15.0 Å². The van der Waals surface area contributed by atoms with Gasteiger partial charge < -0.3 is 9.64 Å². The van der Waals surface area contributed by atoms with Crippen molar-refractivity contribution in [1.29, 1.82) is 0 Å². The highest BCUT2D eigenvalue weighted by molar-refractivity contribution is 7.93. The average Bonchev–Trinajstić information content (AvgIpc) is 3.32. The van der Waals surface area contributed by atoms with Gasteiger partial charge in [-0.25, -0.2) is 27.8 Å². The number of nitrogens with one attached hydrogen (secondary N) is 1. The Morgan fingerprint density at radius 2 is 1.89 bits per heavy atom. The van der Waals surface area contributed by atoms with Crippen LogP contribution in [0.3, 0.4) is 0 Å². The summed E-state index contributed by atoms with van der Waals surface area (Å²) in [5.41, 5.74) is 1.00. The van der Waals surface area contributed by atoms with Gasteiger partial charge in [-0.1, -0.05) is 36.7 Å². The molecule has 3 aromatic rings. The van der Waals surface area contributed by atoms with E-state index in [1.165, 1.54) is 23.6 Å². The second-order valence-electron chi connectivity index (χ2n) is 8.56. The molecule has 5 rings (SSSR count). The first-order chi connectivity index (χ1) is 16.9. The molecule has 0 radical (unpaired) electrons. The van der Waals surface area contributed by atoms with Crippen LogP contribution in [0, 0.1) is 5.82 Å². The fraction of sp³-hybridized carbons (Fsp3) is 0.435. The fourth-order valence-electron chi connectivity index (χ4n) is 4.42. The smallest absolute Gasteiger partial charge is 0.235 e. The van der Waals surface area contributed by atoms with Crippen LogP contribution in [-0.2, 0) is 14.8 Å². The van der Waals surface area contributed by atoms with Crippen LogP contribution in [0.4, 0.5) is 15.2 Å². The van der Waals surface area contributed by atoms with E-state index >= 15 is 4.39 Å². The van der Waals surface area contributed by atoms with Gasteiger partial charge >= 0.3 is 0 Å². The molecular formula is C23H25ClFN5O3S2. The third kappa shape index (κ3) is 5.28. The standard InChI is InChI=1S/C23H25ClFN5O3S2/c24-22-26-10-9-18(27-22)21-20(28-23(34-21)30-11-13-33-14-12-30)16-7-4-8-17(19(16)25)29-35(31,32)15-5-2-1-3-6-15/h4,7-10,15,29H,1-3,5-6,11-14H2. The summed E-state index contributed by atoms with van der Waals surface area (Å²) in [5, 5.41) is 0.273. The van der Waals surface area contributed by atoms with Crippen LogP contribution in [0.5, 0.6) is 0 Å². The topological polar surface area (TPSA) is 97.3 Å². The van der Waals surface area contributed by atoms with Gasteiger partial charge in [0.2, 0.25) is 15.3 Å². The van der Waals surface area contributed by atoms with Gasteiger partial charge in [0, 0.05) is 24.8 Å². The molecule has 0 atom stereocenters. The van der Waals surface area contributed by atoms with Crippen LogP contribution in [0.1, 0.15) is 32.1 Å². The van der Waals surface area contributed by atoms with Crippen LogP contribution >= 0.6 is 22.9 Å². The Hall–Kier alpha value is -2.34. The minimum Gasteiger partial charge on any atom is -0.378 e. The maximum absolute atomic E-state index is 15.8. The maximum Gasteiger partial charge on any atom is 0.235 e. The molecule has 186 valence electrons. The van der Waals surface area contributed by atoms with Gasteiger partial charge in [-0.3, -0.25) is 4.72 Å². The van der Waals surface area contributed by atoms with Crippen LogP contribution in [-0.4, -0.2) is 54.9 Å². The molecule has 1 N–H and O–H groups in total. The molecule has 1 aliphatic heterocycles. The molecule has 1 aromatic carbocycles. The molecule has 2 aromatic heterocycles. The number of anilines is 2. The van der Waals surface area contributed by atoms with Crippen LogP contribution in [0.2, 0.25) is 5.28 Å².